The molecule has 0 aliphatic carbocycles. The predicted octanol–water partition coefficient (Wildman–Crippen LogP) is 4.00. The highest BCUT2D eigenvalue weighted by Crippen LogP contribution is 2.23. The highest BCUT2D eigenvalue weighted by Gasteiger charge is 2.29. The lowest BCUT2D eigenvalue weighted by Crippen LogP contribution is -2.42. The molecule has 1 aliphatic heterocycles. The first kappa shape index (κ1) is 23.3. The second-order valence-electron chi connectivity index (χ2n) is 8.42. The summed E-state index contributed by atoms with van der Waals surface area (Å²) in [7, 11) is 0. The molecule has 2 amide bonds. The molecule has 0 radical (unpaired) electrons. The van der Waals surface area contributed by atoms with Gasteiger partial charge in [-0.1, -0.05) is 13.0 Å². The third kappa shape index (κ3) is 5.25. The minimum atomic E-state index is -0.271. The van der Waals surface area contributed by atoms with Crippen LogP contribution >= 0.6 is 0 Å². The van der Waals surface area contributed by atoms with E-state index in [1.807, 2.05) is 32.9 Å². The van der Waals surface area contributed by atoms with Crippen LogP contribution in [0.25, 0.3) is 6.08 Å². The van der Waals surface area contributed by atoms with Gasteiger partial charge in [-0.15, -0.1) is 0 Å². The normalized spacial score (nSPS) is 14.8. The molecule has 7 nitrogen and oxygen atoms in total. The number of aryl methyl sites for hydroxylation is 2. The molecule has 7 heteroatoms. The van der Waals surface area contributed by atoms with E-state index < -0.39 is 0 Å². The van der Waals surface area contributed by atoms with Gasteiger partial charge in [-0.25, -0.2) is 4.98 Å². The van der Waals surface area contributed by atoms with Gasteiger partial charge in [0.2, 0.25) is 5.91 Å². The number of piperidine rings is 1. The maximum Gasteiger partial charge on any atom is 0.264 e. The zero-order valence-electron chi connectivity index (χ0n) is 19.3. The molecule has 1 aliphatic rings. The fourth-order valence-corrected chi connectivity index (χ4v) is 4.12. The van der Waals surface area contributed by atoms with Crippen molar-refractivity contribution in [2.24, 2.45) is 5.92 Å². The summed E-state index contributed by atoms with van der Waals surface area (Å²) in [5, 5.41) is 12.5. The number of nitriles is 1. The number of aromatic nitrogens is 2. The number of amides is 2. The standard InChI is InChI=1S/C25H31N5O2/c1-5-10-30-18(3)13-21(19(30)4)14-22(15-26)25(32)29-11-8-20(9-12-29)24(31)28-23-7-6-17(2)16-27-23/h6-7,13-14,16,20H,5,8-12H2,1-4H3,(H,27,28,31)/b22-14-. The van der Waals surface area contributed by atoms with Crippen molar-refractivity contribution in [1.82, 2.24) is 14.5 Å². The van der Waals surface area contributed by atoms with Crippen molar-refractivity contribution in [3.63, 3.8) is 0 Å². The predicted molar refractivity (Wildman–Crippen MR) is 125 cm³/mol. The summed E-state index contributed by atoms with van der Waals surface area (Å²) in [6, 6.07) is 7.79. The Kier molecular flexibility index (Phi) is 7.47. The highest BCUT2D eigenvalue weighted by atomic mass is 16.2. The summed E-state index contributed by atoms with van der Waals surface area (Å²) >= 11 is 0. The number of rotatable bonds is 6. The number of pyridine rings is 1. The average Bonchev–Trinajstić information content (AvgIpc) is 3.06. The molecule has 0 unspecified atom stereocenters. The van der Waals surface area contributed by atoms with E-state index in [0.29, 0.717) is 31.7 Å². The van der Waals surface area contributed by atoms with Crippen LogP contribution in [-0.4, -0.2) is 39.4 Å². The van der Waals surface area contributed by atoms with Crippen molar-refractivity contribution in [3.05, 3.63) is 52.5 Å². The Morgan fingerprint density at radius 1 is 1.25 bits per heavy atom. The van der Waals surface area contributed by atoms with E-state index in [4.69, 9.17) is 0 Å². The van der Waals surface area contributed by atoms with Crippen molar-refractivity contribution in [2.75, 3.05) is 18.4 Å². The monoisotopic (exact) mass is 433 g/mol. The quantitative estimate of drug-likeness (QED) is 0.551. The Morgan fingerprint density at radius 3 is 2.56 bits per heavy atom. The van der Waals surface area contributed by atoms with Crippen LogP contribution in [0.5, 0.6) is 0 Å². The van der Waals surface area contributed by atoms with E-state index in [0.717, 1.165) is 35.5 Å². The van der Waals surface area contributed by atoms with Crippen LogP contribution in [-0.2, 0) is 16.1 Å². The molecule has 1 N–H and O–H groups in total. The molecule has 0 bridgehead atoms. The Hall–Kier alpha value is -3.40. The maximum atomic E-state index is 13.0. The van der Waals surface area contributed by atoms with Crippen LogP contribution in [0, 0.1) is 38.0 Å². The van der Waals surface area contributed by atoms with Crippen LogP contribution < -0.4 is 5.32 Å². The van der Waals surface area contributed by atoms with Gasteiger partial charge >= 0.3 is 0 Å². The summed E-state index contributed by atoms with van der Waals surface area (Å²) in [4.78, 5) is 31.4. The van der Waals surface area contributed by atoms with Gasteiger partial charge in [0.05, 0.1) is 0 Å². The van der Waals surface area contributed by atoms with Gasteiger partial charge < -0.3 is 14.8 Å². The van der Waals surface area contributed by atoms with Gasteiger partial charge in [-0.2, -0.15) is 5.26 Å². The topological polar surface area (TPSA) is 91.0 Å². The molecule has 3 heterocycles. The summed E-state index contributed by atoms with van der Waals surface area (Å²) in [6.45, 7) is 9.93. The average molecular weight is 434 g/mol. The Morgan fingerprint density at radius 2 is 1.97 bits per heavy atom. The third-order valence-electron chi connectivity index (χ3n) is 6.03. The van der Waals surface area contributed by atoms with Gasteiger partial charge in [0.15, 0.2) is 0 Å². The highest BCUT2D eigenvalue weighted by molar-refractivity contribution is 6.02. The number of anilines is 1. The van der Waals surface area contributed by atoms with Crippen molar-refractivity contribution in [3.8, 4) is 6.07 Å². The van der Waals surface area contributed by atoms with Crippen molar-refractivity contribution in [2.45, 2.75) is 53.5 Å². The van der Waals surface area contributed by atoms with Crippen LogP contribution in [0.2, 0.25) is 0 Å². The molecule has 2 aromatic heterocycles. The van der Waals surface area contributed by atoms with Crippen LogP contribution in [0.3, 0.4) is 0 Å². The molecule has 1 saturated heterocycles. The molecule has 0 spiro atoms. The number of carbonyl (C=O) groups is 2. The van der Waals surface area contributed by atoms with E-state index in [9.17, 15) is 14.9 Å². The van der Waals surface area contributed by atoms with Crippen LogP contribution in [0.1, 0.15) is 48.7 Å². The van der Waals surface area contributed by atoms with Gasteiger partial charge in [-0.05, 0) is 69.4 Å². The second kappa shape index (κ2) is 10.3. The van der Waals surface area contributed by atoms with E-state index in [2.05, 4.69) is 27.9 Å². The molecule has 0 aromatic carbocycles. The summed E-state index contributed by atoms with van der Waals surface area (Å²) in [5.41, 5.74) is 4.25. The number of carbonyl (C=O) groups excluding carboxylic acids is 2. The first-order valence-electron chi connectivity index (χ1n) is 11.1. The third-order valence-corrected chi connectivity index (χ3v) is 6.03. The molecule has 2 aromatic rings. The van der Waals surface area contributed by atoms with Gasteiger partial charge in [0.1, 0.15) is 17.5 Å². The molecule has 168 valence electrons. The first-order valence-corrected chi connectivity index (χ1v) is 11.1. The molecule has 3 rings (SSSR count). The molecule has 0 saturated carbocycles. The molecule has 0 atom stereocenters. The minimum absolute atomic E-state index is 0.0761. The largest absolute Gasteiger partial charge is 0.349 e. The Balaban J connectivity index is 1.63. The zero-order chi connectivity index (χ0) is 23.3. The number of nitrogens with one attached hydrogen (secondary N) is 1. The number of hydrogen-bond acceptors (Lipinski definition) is 4. The van der Waals surface area contributed by atoms with Crippen molar-refractivity contribution < 1.29 is 9.59 Å². The molecule has 1 fully saturated rings. The molecular formula is C25H31N5O2. The number of nitrogens with zero attached hydrogens (tertiary/aromatic N) is 4. The van der Waals surface area contributed by atoms with E-state index >= 15 is 0 Å². The van der Waals surface area contributed by atoms with E-state index in [1.165, 1.54) is 0 Å². The second-order valence-corrected chi connectivity index (χ2v) is 8.42. The zero-order valence-corrected chi connectivity index (χ0v) is 19.3. The fraction of sp³-hybridized carbons (Fsp3) is 0.440. The minimum Gasteiger partial charge on any atom is -0.349 e. The van der Waals surface area contributed by atoms with Crippen molar-refractivity contribution >= 4 is 23.7 Å². The Bertz CT molecular complexity index is 1050. The molecular weight excluding hydrogens is 402 g/mol. The number of hydrogen-bond donors (Lipinski definition) is 1. The summed E-state index contributed by atoms with van der Waals surface area (Å²) in [6.07, 6.45) is 5.55. The van der Waals surface area contributed by atoms with Gasteiger partial charge in [-0.3, -0.25) is 9.59 Å². The SMILES string of the molecule is CCCn1c(C)cc(/C=C(/C#N)C(=O)N2CCC(C(=O)Nc3ccc(C)cn3)CC2)c1C. The first-order chi connectivity index (χ1) is 15.3. The summed E-state index contributed by atoms with van der Waals surface area (Å²) in [5.74, 6) is 0.0128. The Labute approximate surface area is 189 Å². The fourth-order valence-electron chi connectivity index (χ4n) is 4.12. The lowest BCUT2D eigenvalue weighted by atomic mass is 9.95. The lowest BCUT2D eigenvalue weighted by molar-refractivity contribution is -0.130. The van der Waals surface area contributed by atoms with Crippen LogP contribution in [0.4, 0.5) is 5.82 Å². The van der Waals surface area contributed by atoms with Gasteiger partial charge in [0, 0.05) is 43.1 Å². The van der Waals surface area contributed by atoms with E-state index in [1.54, 1.807) is 23.2 Å². The molecule has 32 heavy (non-hydrogen) atoms. The van der Waals surface area contributed by atoms with Crippen LogP contribution in [0.15, 0.2) is 30.0 Å². The maximum absolute atomic E-state index is 13.0. The lowest BCUT2D eigenvalue weighted by Gasteiger charge is -2.31. The summed E-state index contributed by atoms with van der Waals surface area (Å²) < 4.78 is 2.21. The van der Waals surface area contributed by atoms with E-state index in [-0.39, 0.29) is 23.3 Å². The number of likely N-dealkylation sites (tertiary alicyclic amines) is 1. The van der Waals surface area contributed by atoms with Gasteiger partial charge in [0.25, 0.3) is 5.91 Å². The van der Waals surface area contributed by atoms with Crippen molar-refractivity contribution in [1.29, 1.82) is 5.26 Å². The smallest absolute Gasteiger partial charge is 0.264 e.